The molecule has 112 valence electrons. The summed E-state index contributed by atoms with van der Waals surface area (Å²) in [5.41, 5.74) is 3.87. The number of hydrogen-bond donors (Lipinski definition) is 0. The van der Waals surface area contributed by atoms with Crippen LogP contribution in [-0.2, 0) is 0 Å². The Bertz CT molecular complexity index is 762. The fourth-order valence-electron chi connectivity index (χ4n) is 2.61. The molecule has 2 aromatic carbocycles. The number of hydrogen-bond acceptors (Lipinski definition) is 1. The number of rotatable bonds is 2. The number of halogens is 1. The number of benzene rings is 2. The van der Waals surface area contributed by atoms with Crippen molar-refractivity contribution in [3.8, 4) is 0 Å². The lowest BCUT2D eigenvalue weighted by Crippen LogP contribution is -2.28. The van der Waals surface area contributed by atoms with Crippen LogP contribution in [0.2, 0.25) is 19.6 Å². The van der Waals surface area contributed by atoms with E-state index in [4.69, 9.17) is 0 Å². The van der Waals surface area contributed by atoms with E-state index in [9.17, 15) is 4.79 Å². The van der Waals surface area contributed by atoms with Crippen LogP contribution in [0, 0.1) is 0 Å². The maximum Gasteiger partial charge on any atom is 0.263 e. The molecular formula is C18H18INOSi. The van der Waals surface area contributed by atoms with Gasteiger partial charge in [0, 0.05) is 20.0 Å². The van der Waals surface area contributed by atoms with E-state index in [-0.39, 0.29) is 5.91 Å². The van der Waals surface area contributed by atoms with Crippen LogP contribution >= 0.6 is 22.6 Å². The minimum Gasteiger partial charge on any atom is -0.276 e. The SMILES string of the molecule is C[Si](C)(C)/C(I)=C1/c2ccccc2C(=O)N1c1ccccc1. The molecular weight excluding hydrogens is 401 g/mol. The summed E-state index contributed by atoms with van der Waals surface area (Å²) in [5, 5.41) is 0. The lowest BCUT2D eigenvalue weighted by Gasteiger charge is -2.25. The Morgan fingerprint density at radius 2 is 1.45 bits per heavy atom. The summed E-state index contributed by atoms with van der Waals surface area (Å²) < 4.78 is 1.33. The van der Waals surface area contributed by atoms with Crippen molar-refractivity contribution in [2.75, 3.05) is 4.90 Å². The van der Waals surface area contributed by atoms with Gasteiger partial charge in [-0.3, -0.25) is 9.69 Å². The van der Waals surface area contributed by atoms with E-state index in [0.29, 0.717) is 0 Å². The van der Waals surface area contributed by atoms with E-state index in [1.165, 1.54) is 3.20 Å². The zero-order valence-corrected chi connectivity index (χ0v) is 16.1. The molecule has 2 aromatic rings. The van der Waals surface area contributed by atoms with Crippen LogP contribution in [0.15, 0.2) is 57.8 Å². The second kappa shape index (κ2) is 5.66. The molecule has 1 heterocycles. The number of fused-ring (bicyclic) bond motifs is 1. The topological polar surface area (TPSA) is 20.3 Å². The average Bonchev–Trinajstić information content (AvgIpc) is 2.80. The molecule has 1 aliphatic rings. The van der Waals surface area contributed by atoms with Crippen molar-refractivity contribution < 1.29 is 4.79 Å². The van der Waals surface area contributed by atoms with Crippen molar-refractivity contribution in [3.63, 3.8) is 0 Å². The van der Waals surface area contributed by atoms with Crippen molar-refractivity contribution in [2.45, 2.75) is 19.6 Å². The van der Waals surface area contributed by atoms with Crippen LogP contribution in [0.1, 0.15) is 15.9 Å². The van der Waals surface area contributed by atoms with Gasteiger partial charge in [-0.1, -0.05) is 78.6 Å². The highest BCUT2D eigenvalue weighted by Gasteiger charge is 2.37. The van der Waals surface area contributed by atoms with Gasteiger partial charge in [-0.25, -0.2) is 0 Å². The van der Waals surface area contributed by atoms with Crippen molar-refractivity contribution in [1.82, 2.24) is 0 Å². The van der Waals surface area contributed by atoms with Crippen LogP contribution < -0.4 is 4.90 Å². The Kier molecular flexibility index (Phi) is 3.99. The van der Waals surface area contributed by atoms with E-state index >= 15 is 0 Å². The summed E-state index contributed by atoms with van der Waals surface area (Å²) in [7, 11) is -1.53. The predicted octanol–water partition coefficient (Wildman–Crippen LogP) is 5.33. The maximum absolute atomic E-state index is 12.9. The molecule has 2 nitrogen and oxygen atoms in total. The van der Waals surface area contributed by atoms with Crippen molar-refractivity contribution in [2.24, 2.45) is 0 Å². The van der Waals surface area contributed by atoms with Gasteiger partial charge in [-0.2, -0.15) is 0 Å². The first kappa shape index (κ1) is 15.5. The molecule has 0 spiro atoms. The standard InChI is InChI=1S/C18H18INOSi/c1-22(2,3)17(19)16-14-11-7-8-12-15(14)18(21)20(16)13-9-5-4-6-10-13/h4-12H,1-3H3/b17-16-. The molecule has 0 fully saturated rings. The highest BCUT2D eigenvalue weighted by Crippen LogP contribution is 2.42. The lowest BCUT2D eigenvalue weighted by atomic mass is 10.1. The van der Waals surface area contributed by atoms with Crippen molar-refractivity contribution in [3.05, 3.63) is 68.9 Å². The smallest absolute Gasteiger partial charge is 0.263 e. The Hall–Kier alpha value is -1.40. The fraction of sp³-hybridized carbons (Fsp3) is 0.167. The quantitative estimate of drug-likeness (QED) is 0.476. The molecule has 3 rings (SSSR count). The molecule has 1 aliphatic heterocycles. The largest absolute Gasteiger partial charge is 0.276 e. The molecule has 0 unspecified atom stereocenters. The number of anilines is 1. The van der Waals surface area contributed by atoms with Crippen molar-refractivity contribution in [1.29, 1.82) is 0 Å². The van der Waals surface area contributed by atoms with Gasteiger partial charge in [0.15, 0.2) is 0 Å². The van der Waals surface area contributed by atoms with Crippen LogP contribution in [-0.4, -0.2) is 14.0 Å². The third-order valence-electron chi connectivity index (χ3n) is 3.72. The molecule has 0 bridgehead atoms. The lowest BCUT2D eigenvalue weighted by molar-refractivity contribution is 0.101. The van der Waals surface area contributed by atoms with Gasteiger partial charge in [-0.15, -0.1) is 0 Å². The minimum absolute atomic E-state index is 0.0733. The monoisotopic (exact) mass is 419 g/mol. The van der Waals surface area contributed by atoms with E-state index in [1.807, 2.05) is 53.4 Å². The number of amides is 1. The minimum atomic E-state index is -1.53. The molecule has 1 amide bonds. The third-order valence-corrected chi connectivity index (χ3v) is 10.6. The third kappa shape index (κ3) is 2.54. The van der Waals surface area contributed by atoms with Gasteiger partial charge in [0.1, 0.15) is 0 Å². The van der Waals surface area contributed by atoms with Gasteiger partial charge in [0.25, 0.3) is 5.91 Å². The van der Waals surface area contributed by atoms with Gasteiger partial charge < -0.3 is 0 Å². The van der Waals surface area contributed by atoms with Crippen LogP contribution in [0.25, 0.3) is 5.70 Å². The average molecular weight is 419 g/mol. The van der Waals surface area contributed by atoms with Gasteiger partial charge in [-0.05, 0) is 18.2 Å². The number of para-hydroxylation sites is 1. The summed E-state index contributed by atoms with van der Waals surface area (Å²) in [6, 6.07) is 17.9. The summed E-state index contributed by atoms with van der Waals surface area (Å²) in [6.45, 7) is 6.95. The zero-order valence-electron chi connectivity index (χ0n) is 12.9. The first-order chi connectivity index (χ1) is 10.4. The Balaban J connectivity index is 2.29. The summed E-state index contributed by atoms with van der Waals surface area (Å²) in [6.07, 6.45) is 0. The summed E-state index contributed by atoms with van der Waals surface area (Å²) in [4.78, 5) is 14.8. The van der Waals surface area contributed by atoms with Gasteiger partial charge >= 0.3 is 0 Å². The first-order valence-corrected chi connectivity index (χ1v) is 11.9. The van der Waals surface area contributed by atoms with Gasteiger partial charge in [0.05, 0.1) is 13.8 Å². The normalized spacial score (nSPS) is 16.7. The Morgan fingerprint density at radius 3 is 2.05 bits per heavy atom. The molecule has 0 atom stereocenters. The van der Waals surface area contributed by atoms with Crippen LogP contribution in [0.5, 0.6) is 0 Å². The van der Waals surface area contributed by atoms with E-state index in [0.717, 1.165) is 22.5 Å². The van der Waals surface area contributed by atoms with Crippen LogP contribution in [0.3, 0.4) is 0 Å². The maximum atomic E-state index is 12.9. The molecule has 0 radical (unpaired) electrons. The van der Waals surface area contributed by atoms with Crippen LogP contribution in [0.4, 0.5) is 5.69 Å². The Labute approximate surface area is 146 Å². The molecule has 0 aromatic heterocycles. The molecule has 22 heavy (non-hydrogen) atoms. The molecule has 0 aliphatic carbocycles. The fourth-order valence-corrected chi connectivity index (χ4v) is 4.10. The molecule has 0 saturated heterocycles. The van der Waals surface area contributed by atoms with Gasteiger partial charge in [0.2, 0.25) is 0 Å². The van der Waals surface area contributed by atoms with E-state index in [2.05, 4.69) is 48.3 Å². The van der Waals surface area contributed by atoms with Crippen molar-refractivity contribution >= 4 is 48.0 Å². The molecule has 0 saturated carbocycles. The highest BCUT2D eigenvalue weighted by molar-refractivity contribution is 14.1. The highest BCUT2D eigenvalue weighted by atomic mass is 127. The van der Waals surface area contributed by atoms with E-state index in [1.54, 1.807) is 0 Å². The first-order valence-electron chi connectivity index (χ1n) is 7.30. The second-order valence-electron chi connectivity index (χ2n) is 6.43. The number of carbonyl (C=O) groups is 1. The Morgan fingerprint density at radius 1 is 0.909 bits per heavy atom. The zero-order chi connectivity index (χ0) is 15.9. The summed E-state index contributed by atoms with van der Waals surface area (Å²) >= 11 is 2.45. The summed E-state index contributed by atoms with van der Waals surface area (Å²) in [5.74, 6) is 0.0733. The number of nitrogens with zero attached hydrogens (tertiary/aromatic N) is 1. The molecule has 4 heteroatoms. The predicted molar refractivity (Wildman–Crippen MR) is 104 cm³/mol. The van der Waals surface area contributed by atoms with E-state index < -0.39 is 8.07 Å². The second-order valence-corrected chi connectivity index (χ2v) is 13.5. The number of carbonyl (C=O) groups excluding carboxylic acids is 1. The molecule has 0 N–H and O–H groups in total.